The normalized spacial score (nSPS) is 11.7. The fourth-order valence-corrected chi connectivity index (χ4v) is 7.66. The summed E-state index contributed by atoms with van der Waals surface area (Å²) in [5.74, 6) is -0.0252. The van der Waals surface area contributed by atoms with Crippen molar-refractivity contribution in [1.29, 1.82) is 0 Å². The van der Waals surface area contributed by atoms with Crippen molar-refractivity contribution in [3.63, 3.8) is 0 Å². The molecule has 0 aromatic carbocycles. The molecule has 0 rings (SSSR count). The molecule has 356 valence electrons. The molecule has 0 saturated heterocycles. The lowest BCUT2D eigenvalue weighted by Gasteiger charge is -2.23. The SMILES string of the molecule is CCCCCCCCCOC(=O)CCCCCCCN(CCCCCCCC(=O)OC(CCCCCCCC)CCCCCCCC)CCNCCNC(=O)OC(C)(C)C. The smallest absolute Gasteiger partial charge is 0.407 e. The van der Waals surface area contributed by atoms with Crippen LogP contribution in [-0.2, 0) is 23.8 Å². The molecule has 0 aromatic heterocycles. The van der Waals surface area contributed by atoms with Gasteiger partial charge in [-0.3, -0.25) is 9.59 Å². The molecule has 0 aliphatic carbocycles. The van der Waals surface area contributed by atoms with Crippen LogP contribution < -0.4 is 10.6 Å². The van der Waals surface area contributed by atoms with Crippen molar-refractivity contribution in [2.24, 2.45) is 0 Å². The third-order valence-electron chi connectivity index (χ3n) is 11.4. The predicted octanol–water partition coefficient (Wildman–Crippen LogP) is 13.8. The van der Waals surface area contributed by atoms with E-state index >= 15 is 0 Å². The highest BCUT2D eigenvalue weighted by Gasteiger charge is 2.16. The van der Waals surface area contributed by atoms with Crippen molar-refractivity contribution < 1.29 is 28.6 Å². The zero-order chi connectivity index (χ0) is 44.2. The Balaban J connectivity index is 4.49. The Bertz CT molecular complexity index is 942. The molecular formula is C51H101N3O6. The minimum Gasteiger partial charge on any atom is -0.466 e. The molecule has 60 heavy (non-hydrogen) atoms. The number of unbranched alkanes of at least 4 members (excludes halogenated alkanes) is 24. The first-order valence-corrected chi connectivity index (χ1v) is 25.9. The second-order valence-corrected chi connectivity index (χ2v) is 18.6. The van der Waals surface area contributed by atoms with Crippen LogP contribution in [0.4, 0.5) is 4.79 Å². The molecule has 0 aliphatic heterocycles. The molecule has 0 fully saturated rings. The molecule has 0 aromatic rings. The summed E-state index contributed by atoms with van der Waals surface area (Å²) in [6.45, 7) is 18.2. The number of ether oxygens (including phenoxy) is 3. The summed E-state index contributed by atoms with van der Waals surface area (Å²) in [6, 6.07) is 0. The molecule has 2 N–H and O–H groups in total. The summed E-state index contributed by atoms with van der Waals surface area (Å²) in [6.07, 6.45) is 37.7. The Morgan fingerprint density at radius 1 is 0.483 bits per heavy atom. The number of hydrogen-bond acceptors (Lipinski definition) is 8. The molecule has 0 unspecified atom stereocenters. The van der Waals surface area contributed by atoms with E-state index in [4.69, 9.17) is 14.2 Å². The third kappa shape index (κ3) is 44.2. The van der Waals surface area contributed by atoms with Gasteiger partial charge in [0.15, 0.2) is 0 Å². The maximum atomic E-state index is 12.9. The molecular weight excluding hydrogens is 751 g/mol. The van der Waals surface area contributed by atoms with Gasteiger partial charge in [-0.2, -0.15) is 0 Å². The first kappa shape index (κ1) is 58.1. The third-order valence-corrected chi connectivity index (χ3v) is 11.4. The maximum absolute atomic E-state index is 12.9. The minimum atomic E-state index is -0.495. The molecule has 0 radical (unpaired) electrons. The van der Waals surface area contributed by atoms with Gasteiger partial charge < -0.3 is 29.7 Å². The zero-order valence-electron chi connectivity index (χ0n) is 40.8. The number of carbonyl (C=O) groups is 3. The van der Waals surface area contributed by atoms with Crippen molar-refractivity contribution >= 4 is 18.0 Å². The van der Waals surface area contributed by atoms with E-state index in [0.717, 1.165) is 103 Å². The van der Waals surface area contributed by atoms with Gasteiger partial charge in [0.05, 0.1) is 6.61 Å². The van der Waals surface area contributed by atoms with E-state index in [0.29, 0.717) is 32.5 Å². The van der Waals surface area contributed by atoms with Crippen LogP contribution in [0.1, 0.15) is 253 Å². The van der Waals surface area contributed by atoms with Crippen LogP contribution in [0, 0.1) is 0 Å². The monoisotopic (exact) mass is 852 g/mol. The lowest BCUT2D eigenvalue weighted by atomic mass is 10.0. The van der Waals surface area contributed by atoms with E-state index in [-0.39, 0.29) is 24.1 Å². The lowest BCUT2D eigenvalue weighted by Crippen LogP contribution is -2.39. The number of esters is 2. The minimum absolute atomic E-state index is 0.00988. The summed E-state index contributed by atoms with van der Waals surface area (Å²) in [4.78, 5) is 39.5. The molecule has 0 saturated carbocycles. The molecule has 9 nitrogen and oxygen atoms in total. The van der Waals surface area contributed by atoms with E-state index in [1.54, 1.807) is 0 Å². The van der Waals surface area contributed by atoms with Gasteiger partial charge in [0, 0.05) is 39.0 Å². The van der Waals surface area contributed by atoms with E-state index in [2.05, 4.69) is 36.3 Å². The Morgan fingerprint density at radius 3 is 1.42 bits per heavy atom. The van der Waals surface area contributed by atoms with Gasteiger partial charge in [-0.25, -0.2) is 4.79 Å². The Labute approximate surface area is 372 Å². The number of hydrogen-bond donors (Lipinski definition) is 2. The number of amides is 1. The topological polar surface area (TPSA) is 106 Å². The average Bonchev–Trinajstić information content (AvgIpc) is 3.20. The molecule has 0 atom stereocenters. The summed E-state index contributed by atoms with van der Waals surface area (Å²) in [5.41, 5.74) is -0.495. The van der Waals surface area contributed by atoms with E-state index in [9.17, 15) is 14.4 Å². The highest BCUT2D eigenvalue weighted by Crippen LogP contribution is 2.19. The number of nitrogens with zero attached hydrogens (tertiary/aromatic N) is 1. The molecule has 9 heteroatoms. The Morgan fingerprint density at radius 2 is 0.917 bits per heavy atom. The van der Waals surface area contributed by atoms with Gasteiger partial charge in [-0.15, -0.1) is 0 Å². The van der Waals surface area contributed by atoms with Gasteiger partial charge in [-0.05, 0) is 91.6 Å². The molecule has 0 aliphatic rings. The zero-order valence-corrected chi connectivity index (χ0v) is 40.8. The maximum Gasteiger partial charge on any atom is 0.407 e. The van der Waals surface area contributed by atoms with Crippen molar-refractivity contribution in [3.05, 3.63) is 0 Å². The summed E-state index contributed by atoms with van der Waals surface area (Å²) < 4.78 is 16.9. The van der Waals surface area contributed by atoms with Crippen molar-refractivity contribution in [1.82, 2.24) is 15.5 Å². The number of alkyl carbamates (subject to hydrolysis) is 1. The number of carbonyl (C=O) groups excluding carboxylic acids is 3. The second kappa shape index (κ2) is 43.8. The van der Waals surface area contributed by atoms with Gasteiger partial charge in [-0.1, -0.05) is 162 Å². The largest absolute Gasteiger partial charge is 0.466 e. The summed E-state index contributed by atoms with van der Waals surface area (Å²) in [7, 11) is 0. The lowest BCUT2D eigenvalue weighted by molar-refractivity contribution is -0.150. The van der Waals surface area contributed by atoms with E-state index in [1.165, 1.54) is 122 Å². The summed E-state index contributed by atoms with van der Waals surface area (Å²) >= 11 is 0. The first-order chi connectivity index (χ1) is 29.1. The van der Waals surface area contributed by atoms with E-state index < -0.39 is 5.60 Å². The second-order valence-electron chi connectivity index (χ2n) is 18.6. The van der Waals surface area contributed by atoms with Crippen LogP contribution in [0.2, 0.25) is 0 Å². The highest BCUT2D eigenvalue weighted by molar-refractivity contribution is 5.69. The van der Waals surface area contributed by atoms with Crippen molar-refractivity contribution in [3.8, 4) is 0 Å². The Hall–Kier alpha value is -1.87. The fraction of sp³-hybridized carbons (Fsp3) is 0.941. The van der Waals surface area contributed by atoms with Crippen LogP contribution in [-0.4, -0.2) is 80.5 Å². The van der Waals surface area contributed by atoms with Crippen LogP contribution in [0.3, 0.4) is 0 Å². The number of rotatable bonds is 45. The Kier molecular flexibility index (Phi) is 42.4. The molecule has 0 spiro atoms. The quantitative estimate of drug-likeness (QED) is 0.0354. The van der Waals surface area contributed by atoms with Crippen LogP contribution >= 0.6 is 0 Å². The van der Waals surface area contributed by atoms with Gasteiger partial charge >= 0.3 is 18.0 Å². The molecule has 1 amide bonds. The molecule has 0 heterocycles. The van der Waals surface area contributed by atoms with Crippen LogP contribution in [0.25, 0.3) is 0 Å². The predicted molar refractivity (Wildman–Crippen MR) is 254 cm³/mol. The standard InChI is InChI=1S/C51H101N3O6/c1-7-10-13-16-19-28-35-46-58-48(55)38-31-24-20-26-33-43-54(45-42-52-40-41-53-50(57)60-51(4,5)6)44-34-27-21-25-32-39-49(56)59-47(36-29-22-17-14-11-8-2)37-30-23-18-15-12-9-3/h47,52H,7-46H2,1-6H3,(H,53,57). The average molecular weight is 852 g/mol. The highest BCUT2D eigenvalue weighted by atomic mass is 16.6. The van der Waals surface area contributed by atoms with Crippen molar-refractivity contribution in [2.45, 2.75) is 265 Å². The van der Waals surface area contributed by atoms with Gasteiger partial charge in [0.2, 0.25) is 0 Å². The van der Waals surface area contributed by atoms with E-state index in [1.807, 2.05) is 20.8 Å². The van der Waals surface area contributed by atoms with Crippen LogP contribution in [0.15, 0.2) is 0 Å². The number of nitrogens with one attached hydrogen (secondary N) is 2. The first-order valence-electron chi connectivity index (χ1n) is 25.9. The van der Waals surface area contributed by atoms with Gasteiger partial charge in [0.25, 0.3) is 0 Å². The van der Waals surface area contributed by atoms with Gasteiger partial charge in [0.1, 0.15) is 11.7 Å². The van der Waals surface area contributed by atoms with Crippen LogP contribution in [0.5, 0.6) is 0 Å². The summed E-state index contributed by atoms with van der Waals surface area (Å²) in [5, 5.41) is 6.31. The van der Waals surface area contributed by atoms with Crippen molar-refractivity contribution in [2.75, 3.05) is 45.9 Å². The fourth-order valence-electron chi connectivity index (χ4n) is 7.66. The molecule has 0 bridgehead atoms.